The van der Waals surface area contributed by atoms with Gasteiger partial charge in [-0.1, -0.05) is 22.9 Å². The number of amides is 1. The van der Waals surface area contributed by atoms with Gasteiger partial charge in [-0.2, -0.15) is 0 Å². The molecule has 0 aliphatic heterocycles. The van der Waals surface area contributed by atoms with Gasteiger partial charge in [-0.05, 0) is 49.0 Å². The molecule has 6 nitrogen and oxygen atoms in total. The first kappa shape index (κ1) is 19.3. The molecule has 0 bridgehead atoms. The number of halogens is 1. The number of thiocarbonyl (C=S) groups is 1. The SMILES string of the molecule is COc1cc(OC)cc(C(=O)NC(=S)Nc2nc3cc(Cl)c(C)cc3s2)c1. The number of carbonyl (C=O) groups is 1. The van der Waals surface area contributed by atoms with E-state index in [1.807, 2.05) is 13.0 Å². The highest BCUT2D eigenvalue weighted by Crippen LogP contribution is 2.30. The number of anilines is 1. The van der Waals surface area contributed by atoms with Gasteiger partial charge in [0.25, 0.3) is 5.91 Å². The molecular weight excluding hydrogens is 406 g/mol. The summed E-state index contributed by atoms with van der Waals surface area (Å²) >= 11 is 12.8. The second kappa shape index (κ2) is 8.08. The Morgan fingerprint density at radius 1 is 1.15 bits per heavy atom. The van der Waals surface area contributed by atoms with E-state index in [0.717, 1.165) is 15.8 Å². The normalized spacial score (nSPS) is 10.5. The Balaban J connectivity index is 1.73. The van der Waals surface area contributed by atoms with Crippen LogP contribution in [0.1, 0.15) is 15.9 Å². The maximum Gasteiger partial charge on any atom is 0.257 e. The van der Waals surface area contributed by atoms with E-state index in [1.54, 1.807) is 24.3 Å². The van der Waals surface area contributed by atoms with Gasteiger partial charge in [0.2, 0.25) is 0 Å². The summed E-state index contributed by atoms with van der Waals surface area (Å²) in [6.07, 6.45) is 0. The molecule has 1 heterocycles. The van der Waals surface area contributed by atoms with Crippen LogP contribution in [0.3, 0.4) is 0 Å². The summed E-state index contributed by atoms with van der Waals surface area (Å²) in [6.45, 7) is 1.93. The number of carbonyl (C=O) groups excluding carboxylic acids is 1. The number of thiazole rings is 1. The van der Waals surface area contributed by atoms with Crippen LogP contribution >= 0.6 is 35.2 Å². The lowest BCUT2D eigenvalue weighted by atomic mass is 10.2. The zero-order valence-electron chi connectivity index (χ0n) is 14.8. The average Bonchev–Trinajstić information content (AvgIpc) is 3.02. The lowest BCUT2D eigenvalue weighted by Crippen LogP contribution is -2.34. The first-order chi connectivity index (χ1) is 12.9. The fourth-order valence-corrected chi connectivity index (χ4v) is 3.71. The Hall–Kier alpha value is -2.42. The van der Waals surface area contributed by atoms with Crippen molar-refractivity contribution < 1.29 is 14.3 Å². The number of hydrogen-bond donors (Lipinski definition) is 2. The Morgan fingerprint density at radius 2 is 1.81 bits per heavy atom. The third-order valence-electron chi connectivity index (χ3n) is 3.73. The molecule has 2 aromatic carbocycles. The monoisotopic (exact) mass is 421 g/mol. The first-order valence-electron chi connectivity index (χ1n) is 7.81. The average molecular weight is 422 g/mol. The third-order valence-corrected chi connectivity index (χ3v) is 5.27. The third kappa shape index (κ3) is 4.47. The predicted molar refractivity (Wildman–Crippen MR) is 113 cm³/mol. The lowest BCUT2D eigenvalue weighted by Gasteiger charge is -2.10. The molecule has 0 spiro atoms. The number of ether oxygens (including phenoxy) is 2. The van der Waals surface area contributed by atoms with Crippen molar-refractivity contribution >= 4 is 61.5 Å². The zero-order chi connectivity index (χ0) is 19.6. The van der Waals surface area contributed by atoms with Crippen molar-refractivity contribution in [2.75, 3.05) is 19.5 Å². The van der Waals surface area contributed by atoms with Crippen LogP contribution in [-0.2, 0) is 0 Å². The summed E-state index contributed by atoms with van der Waals surface area (Å²) in [5, 5.41) is 6.92. The molecule has 0 atom stereocenters. The minimum atomic E-state index is -0.385. The number of methoxy groups -OCH3 is 2. The standard InChI is InChI=1S/C18H16ClN3O3S2/c1-9-4-15-14(8-13(9)19)20-18(27-15)22-17(26)21-16(23)10-5-11(24-2)7-12(6-10)25-3/h4-8H,1-3H3,(H2,20,21,22,23,26). The van der Waals surface area contributed by atoms with Crippen LogP contribution in [0.15, 0.2) is 30.3 Å². The minimum Gasteiger partial charge on any atom is -0.497 e. The van der Waals surface area contributed by atoms with E-state index >= 15 is 0 Å². The number of aryl methyl sites for hydroxylation is 1. The summed E-state index contributed by atoms with van der Waals surface area (Å²) in [5.41, 5.74) is 2.11. The second-order valence-electron chi connectivity index (χ2n) is 5.60. The maximum atomic E-state index is 12.5. The van der Waals surface area contributed by atoms with Crippen molar-refractivity contribution in [1.82, 2.24) is 10.3 Å². The molecule has 0 saturated heterocycles. The summed E-state index contributed by atoms with van der Waals surface area (Å²) in [5.74, 6) is 0.637. The van der Waals surface area contributed by atoms with Crippen molar-refractivity contribution in [1.29, 1.82) is 0 Å². The van der Waals surface area contributed by atoms with E-state index in [2.05, 4.69) is 15.6 Å². The highest BCUT2D eigenvalue weighted by molar-refractivity contribution is 7.80. The number of rotatable bonds is 4. The van der Waals surface area contributed by atoms with Crippen LogP contribution in [-0.4, -0.2) is 30.2 Å². The van der Waals surface area contributed by atoms with E-state index in [9.17, 15) is 4.79 Å². The molecule has 3 rings (SSSR count). The van der Waals surface area contributed by atoms with E-state index in [4.69, 9.17) is 33.3 Å². The van der Waals surface area contributed by atoms with E-state index < -0.39 is 0 Å². The van der Waals surface area contributed by atoms with Gasteiger partial charge in [0.15, 0.2) is 10.2 Å². The second-order valence-corrected chi connectivity index (χ2v) is 7.44. The quantitative estimate of drug-likeness (QED) is 0.608. The van der Waals surface area contributed by atoms with Crippen molar-refractivity contribution in [3.63, 3.8) is 0 Å². The summed E-state index contributed by atoms with van der Waals surface area (Å²) < 4.78 is 11.3. The highest BCUT2D eigenvalue weighted by Gasteiger charge is 2.13. The molecule has 1 aromatic heterocycles. The van der Waals surface area contributed by atoms with Crippen molar-refractivity contribution in [2.45, 2.75) is 6.92 Å². The molecule has 0 aliphatic rings. The molecule has 27 heavy (non-hydrogen) atoms. The Morgan fingerprint density at radius 3 is 2.44 bits per heavy atom. The first-order valence-corrected chi connectivity index (χ1v) is 9.42. The number of aromatic nitrogens is 1. The van der Waals surface area contributed by atoms with Gasteiger partial charge in [-0.15, -0.1) is 0 Å². The molecule has 2 N–H and O–H groups in total. The van der Waals surface area contributed by atoms with E-state index in [-0.39, 0.29) is 11.0 Å². The number of fused-ring (bicyclic) bond motifs is 1. The van der Waals surface area contributed by atoms with Crippen LogP contribution in [0, 0.1) is 6.92 Å². The number of nitrogens with one attached hydrogen (secondary N) is 2. The largest absolute Gasteiger partial charge is 0.497 e. The minimum absolute atomic E-state index is 0.142. The van der Waals surface area contributed by atoms with E-state index in [0.29, 0.717) is 27.2 Å². The van der Waals surface area contributed by atoms with Crippen LogP contribution in [0.5, 0.6) is 11.5 Å². The number of hydrogen-bond acceptors (Lipinski definition) is 6. The van der Waals surface area contributed by atoms with Gasteiger partial charge in [-0.25, -0.2) is 4.98 Å². The van der Waals surface area contributed by atoms with Gasteiger partial charge >= 0.3 is 0 Å². The molecule has 0 unspecified atom stereocenters. The molecule has 9 heteroatoms. The fourth-order valence-electron chi connectivity index (χ4n) is 2.35. The zero-order valence-corrected chi connectivity index (χ0v) is 17.1. The van der Waals surface area contributed by atoms with Gasteiger partial charge in [0.1, 0.15) is 11.5 Å². The summed E-state index contributed by atoms with van der Waals surface area (Å²) in [7, 11) is 3.04. The van der Waals surface area contributed by atoms with Crippen LogP contribution in [0.4, 0.5) is 5.13 Å². The van der Waals surface area contributed by atoms with Crippen LogP contribution in [0.2, 0.25) is 5.02 Å². The van der Waals surface area contributed by atoms with Crippen LogP contribution < -0.4 is 20.1 Å². The smallest absolute Gasteiger partial charge is 0.257 e. The Kier molecular flexibility index (Phi) is 5.79. The van der Waals surface area contributed by atoms with E-state index in [1.165, 1.54) is 25.6 Å². The maximum absolute atomic E-state index is 12.5. The number of benzene rings is 2. The lowest BCUT2D eigenvalue weighted by molar-refractivity contribution is 0.0977. The van der Waals surface area contributed by atoms with Crippen molar-refractivity contribution in [2.24, 2.45) is 0 Å². The van der Waals surface area contributed by atoms with Gasteiger partial charge in [-0.3, -0.25) is 10.1 Å². The molecule has 0 saturated carbocycles. The molecule has 0 aliphatic carbocycles. The van der Waals surface area contributed by atoms with Gasteiger partial charge in [0, 0.05) is 16.7 Å². The highest BCUT2D eigenvalue weighted by atomic mass is 35.5. The summed E-state index contributed by atoms with van der Waals surface area (Å²) in [6, 6.07) is 8.65. The van der Waals surface area contributed by atoms with Gasteiger partial charge < -0.3 is 14.8 Å². The topological polar surface area (TPSA) is 72.5 Å². The number of nitrogens with zero attached hydrogens (tertiary/aromatic N) is 1. The fraction of sp³-hybridized carbons (Fsp3) is 0.167. The molecule has 1 amide bonds. The summed E-state index contributed by atoms with van der Waals surface area (Å²) in [4.78, 5) is 16.9. The molecule has 140 valence electrons. The molecule has 0 fully saturated rings. The Bertz CT molecular complexity index is 975. The predicted octanol–water partition coefficient (Wildman–Crippen LogP) is 4.40. The van der Waals surface area contributed by atoms with Crippen LogP contribution in [0.25, 0.3) is 10.2 Å². The molecular formula is C18H16ClN3O3S2. The Labute approximate surface area is 170 Å². The van der Waals surface area contributed by atoms with Crippen molar-refractivity contribution in [3.05, 3.63) is 46.5 Å². The van der Waals surface area contributed by atoms with Crippen molar-refractivity contribution in [3.8, 4) is 11.5 Å². The molecule has 0 radical (unpaired) electrons. The van der Waals surface area contributed by atoms with Gasteiger partial charge in [0.05, 0.1) is 24.4 Å². The molecule has 3 aromatic rings.